The van der Waals surface area contributed by atoms with Crippen molar-refractivity contribution in [2.24, 2.45) is 0 Å². The van der Waals surface area contributed by atoms with Crippen molar-refractivity contribution in [3.63, 3.8) is 0 Å². The minimum atomic E-state index is -5.74. The van der Waals surface area contributed by atoms with Crippen LogP contribution in [0, 0.1) is 0 Å². The molecule has 5 nitrogen and oxygen atoms in total. The maximum absolute atomic E-state index is 14.2. The van der Waals surface area contributed by atoms with Gasteiger partial charge in [0.05, 0.1) is 5.92 Å². The maximum Gasteiger partial charge on any atom is 0.399 e. The van der Waals surface area contributed by atoms with Crippen LogP contribution in [0.4, 0.5) is 8.78 Å². The van der Waals surface area contributed by atoms with Crippen LogP contribution in [0.2, 0.25) is 0 Å². The minimum Gasteiger partial charge on any atom is -0.460 e. The van der Waals surface area contributed by atoms with E-state index < -0.39 is 30.7 Å². The largest absolute Gasteiger partial charge is 0.460 e. The SMILES string of the molecule is C=C(/C=C(Br)\C(=C/C)C(F)(F)P(=O)(O)O)CC(C(=O)OCc1ccccc1)c1ccccc1.CC. The third kappa shape index (κ3) is 8.97. The number of carbonyl (C=O) groups excluding carboxylic acids is 1. The molecule has 0 heterocycles. The van der Waals surface area contributed by atoms with Gasteiger partial charge >= 0.3 is 19.2 Å². The fraction of sp³-hybridized carbons (Fsp3) is 0.269. The van der Waals surface area contributed by atoms with Crippen LogP contribution >= 0.6 is 23.5 Å². The van der Waals surface area contributed by atoms with Crippen LogP contribution in [-0.4, -0.2) is 21.4 Å². The first-order chi connectivity index (χ1) is 16.5. The molecule has 0 aliphatic heterocycles. The van der Waals surface area contributed by atoms with E-state index in [-0.39, 0.29) is 23.1 Å². The van der Waals surface area contributed by atoms with Crippen molar-refractivity contribution < 1.29 is 32.7 Å². The highest BCUT2D eigenvalue weighted by atomic mass is 79.9. The summed E-state index contributed by atoms with van der Waals surface area (Å²) in [7, 11) is -5.74. The average molecular weight is 571 g/mol. The van der Waals surface area contributed by atoms with Crippen molar-refractivity contribution in [2.75, 3.05) is 0 Å². The zero-order valence-electron chi connectivity index (χ0n) is 19.8. The number of carbonyl (C=O) groups is 1. The van der Waals surface area contributed by atoms with Crippen molar-refractivity contribution in [3.05, 3.63) is 106 Å². The van der Waals surface area contributed by atoms with Crippen LogP contribution in [0.3, 0.4) is 0 Å². The molecule has 0 aliphatic carbocycles. The first kappa shape index (κ1) is 30.7. The number of rotatable bonds is 10. The predicted octanol–water partition coefficient (Wildman–Crippen LogP) is 7.48. The van der Waals surface area contributed by atoms with Crippen molar-refractivity contribution >= 4 is 29.5 Å². The van der Waals surface area contributed by atoms with Gasteiger partial charge in [-0.25, -0.2) is 0 Å². The Morgan fingerprint density at radius 1 is 1.11 bits per heavy atom. The van der Waals surface area contributed by atoms with E-state index in [4.69, 9.17) is 14.5 Å². The lowest BCUT2D eigenvalue weighted by Crippen LogP contribution is -2.20. The van der Waals surface area contributed by atoms with E-state index in [2.05, 4.69) is 22.5 Å². The van der Waals surface area contributed by atoms with Crippen LogP contribution in [0.15, 0.2) is 95.0 Å². The Kier molecular flexibility index (Phi) is 12.5. The lowest BCUT2D eigenvalue weighted by atomic mass is 9.92. The average Bonchev–Trinajstić information content (AvgIpc) is 2.83. The summed E-state index contributed by atoms with van der Waals surface area (Å²) >= 11 is 2.97. The first-order valence-corrected chi connectivity index (χ1v) is 13.3. The molecule has 1 unspecified atom stereocenters. The van der Waals surface area contributed by atoms with E-state index in [9.17, 15) is 18.1 Å². The minimum absolute atomic E-state index is 0.0468. The summed E-state index contributed by atoms with van der Waals surface area (Å²) in [5.74, 6) is -1.27. The molecule has 0 saturated carbocycles. The first-order valence-electron chi connectivity index (χ1n) is 10.9. The molecule has 0 aromatic heterocycles. The van der Waals surface area contributed by atoms with Gasteiger partial charge in [-0.3, -0.25) is 9.36 Å². The van der Waals surface area contributed by atoms with Crippen molar-refractivity contribution in [3.8, 4) is 0 Å². The number of halogens is 3. The molecule has 0 spiro atoms. The summed E-state index contributed by atoms with van der Waals surface area (Å²) in [5.41, 5.74) is -3.50. The molecule has 2 rings (SSSR count). The number of hydrogen-bond donors (Lipinski definition) is 2. The summed E-state index contributed by atoms with van der Waals surface area (Å²) in [6, 6.07) is 18.0. The molecule has 9 heteroatoms. The highest BCUT2D eigenvalue weighted by molar-refractivity contribution is 9.12. The normalized spacial score (nSPS) is 13.4. The monoisotopic (exact) mass is 570 g/mol. The topological polar surface area (TPSA) is 83.8 Å². The van der Waals surface area contributed by atoms with Gasteiger partial charge in [0.25, 0.3) is 0 Å². The summed E-state index contributed by atoms with van der Waals surface area (Å²) in [6.45, 7) is 9.16. The molecule has 0 aliphatic rings. The maximum atomic E-state index is 14.2. The fourth-order valence-electron chi connectivity index (χ4n) is 3.04. The highest BCUT2D eigenvalue weighted by Crippen LogP contribution is 2.58. The number of hydrogen-bond acceptors (Lipinski definition) is 3. The van der Waals surface area contributed by atoms with Gasteiger partial charge in [-0.15, -0.1) is 0 Å². The number of allylic oxidation sites excluding steroid dienone is 5. The zero-order valence-corrected chi connectivity index (χ0v) is 22.3. The van der Waals surface area contributed by atoms with Crippen molar-refractivity contribution in [1.29, 1.82) is 0 Å². The Balaban J connectivity index is 0.00000298. The Hall–Kier alpha value is -2.38. The Morgan fingerprint density at radius 3 is 2.11 bits per heavy atom. The van der Waals surface area contributed by atoms with Crippen LogP contribution in [0.5, 0.6) is 0 Å². The van der Waals surface area contributed by atoms with Crippen LogP contribution in [-0.2, 0) is 20.7 Å². The van der Waals surface area contributed by atoms with Gasteiger partial charge in [-0.05, 0) is 30.5 Å². The summed E-state index contributed by atoms with van der Waals surface area (Å²) < 4.78 is 44.9. The van der Waals surface area contributed by atoms with Crippen LogP contribution in [0.1, 0.15) is 44.2 Å². The lowest BCUT2D eigenvalue weighted by Gasteiger charge is -2.21. The van der Waals surface area contributed by atoms with E-state index in [1.165, 1.54) is 13.0 Å². The summed E-state index contributed by atoms with van der Waals surface area (Å²) in [5, 5.41) is 0. The Morgan fingerprint density at radius 2 is 1.63 bits per heavy atom. The molecule has 0 amide bonds. The zero-order chi connectivity index (χ0) is 26.6. The van der Waals surface area contributed by atoms with Gasteiger partial charge in [0.2, 0.25) is 0 Å². The van der Waals surface area contributed by atoms with Crippen molar-refractivity contribution in [1.82, 2.24) is 0 Å². The van der Waals surface area contributed by atoms with Gasteiger partial charge < -0.3 is 14.5 Å². The standard InChI is InChI=1S/C24H24BrF2O5P.C2H6/c1-3-21(24(26,27)33(29,30)31)22(25)15-17(2)14-20(19-12-8-5-9-13-19)23(28)32-16-18-10-6-4-7-11-18;1-2/h3-13,15,20H,2,14,16H2,1H3,(H2,29,30,31);1-2H3/b21-3+,22-15+;. The van der Waals surface area contributed by atoms with Gasteiger partial charge in [0.15, 0.2) is 0 Å². The molecule has 2 aromatic rings. The third-order valence-corrected chi connectivity index (χ3v) is 6.37. The van der Waals surface area contributed by atoms with Gasteiger partial charge in [0.1, 0.15) is 6.61 Å². The molecule has 190 valence electrons. The molecule has 1 atom stereocenters. The molecule has 35 heavy (non-hydrogen) atoms. The third-order valence-electron chi connectivity index (χ3n) is 4.74. The molecule has 2 N–H and O–H groups in total. The van der Waals surface area contributed by atoms with Gasteiger partial charge in [-0.2, -0.15) is 8.78 Å². The molecule has 0 saturated heterocycles. The van der Waals surface area contributed by atoms with Gasteiger partial charge in [0, 0.05) is 10.1 Å². The molecule has 0 fully saturated rings. The number of benzene rings is 2. The van der Waals surface area contributed by atoms with E-state index >= 15 is 0 Å². The molecule has 0 bridgehead atoms. The lowest BCUT2D eigenvalue weighted by molar-refractivity contribution is -0.146. The smallest absolute Gasteiger partial charge is 0.399 e. The predicted molar refractivity (Wildman–Crippen MR) is 138 cm³/mol. The molecular weight excluding hydrogens is 541 g/mol. The van der Waals surface area contributed by atoms with Crippen LogP contribution < -0.4 is 0 Å². The van der Waals surface area contributed by atoms with E-state index in [0.717, 1.165) is 11.6 Å². The Labute approximate surface area is 213 Å². The van der Waals surface area contributed by atoms with E-state index in [0.29, 0.717) is 5.56 Å². The fourth-order valence-corrected chi connectivity index (χ4v) is 4.56. The molecule has 0 radical (unpaired) electrons. The second-order valence-corrected chi connectivity index (χ2v) is 9.70. The van der Waals surface area contributed by atoms with E-state index in [1.54, 1.807) is 30.3 Å². The summed E-state index contributed by atoms with van der Waals surface area (Å²) in [4.78, 5) is 31.0. The van der Waals surface area contributed by atoms with Crippen molar-refractivity contribution in [2.45, 2.75) is 45.4 Å². The van der Waals surface area contributed by atoms with E-state index in [1.807, 2.05) is 44.2 Å². The molecular formula is C26H30BrF2O5P. The highest BCUT2D eigenvalue weighted by Gasteiger charge is 2.52. The second-order valence-electron chi connectivity index (χ2n) is 7.20. The van der Waals surface area contributed by atoms with Gasteiger partial charge in [-0.1, -0.05) is 109 Å². The summed E-state index contributed by atoms with van der Waals surface area (Å²) in [6.07, 6.45) is 2.18. The number of esters is 1. The quantitative estimate of drug-likeness (QED) is 0.176. The van der Waals surface area contributed by atoms with Crippen LogP contribution in [0.25, 0.3) is 0 Å². The number of ether oxygens (including phenoxy) is 1. The number of alkyl halides is 2. The Bertz CT molecular complexity index is 1080. The second kappa shape index (κ2) is 14.2. The molecule has 2 aromatic carbocycles.